The van der Waals surface area contributed by atoms with Gasteiger partial charge >= 0.3 is 5.97 Å². The van der Waals surface area contributed by atoms with E-state index in [4.69, 9.17) is 4.42 Å². The van der Waals surface area contributed by atoms with Gasteiger partial charge < -0.3 is 14.5 Å². The van der Waals surface area contributed by atoms with Crippen LogP contribution in [-0.2, 0) is 16.0 Å². The van der Waals surface area contributed by atoms with Gasteiger partial charge in [-0.25, -0.2) is 9.78 Å². The van der Waals surface area contributed by atoms with Gasteiger partial charge in [0.05, 0.1) is 19.6 Å². The van der Waals surface area contributed by atoms with Crippen LogP contribution in [0.5, 0.6) is 0 Å². The number of rotatable bonds is 5. The van der Waals surface area contributed by atoms with E-state index < -0.39 is 5.97 Å². The summed E-state index contributed by atoms with van der Waals surface area (Å²) < 4.78 is 9.69. The fourth-order valence-corrected chi connectivity index (χ4v) is 2.15. The largest absolute Gasteiger partial charge is 0.469 e. The molecule has 100 valence electrons. The van der Waals surface area contributed by atoms with Crippen LogP contribution in [0.4, 0.5) is 5.13 Å². The molecule has 0 atom stereocenters. The second kappa shape index (κ2) is 6.14. The molecular formula is C12H12N2O4S. The Morgan fingerprint density at radius 1 is 1.53 bits per heavy atom. The molecule has 0 spiro atoms. The summed E-state index contributed by atoms with van der Waals surface area (Å²) in [5.74, 6) is 0.111. The third-order valence-corrected chi connectivity index (χ3v) is 3.21. The summed E-state index contributed by atoms with van der Waals surface area (Å²) in [7, 11) is 1.30. The minimum atomic E-state index is -0.464. The number of methoxy groups -OCH3 is 1. The molecule has 0 unspecified atom stereocenters. The maximum atomic E-state index is 11.7. The van der Waals surface area contributed by atoms with Gasteiger partial charge in [-0.1, -0.05) is 11.3 Å². The summed E-state index contributed by atoms with van der Waals surface area (Å²) in [6.45, 7) is 0. The fourth-order valence-electron chi connectivity index (χ4n) is 1.40. The summed E-state index contributed by atoms with van der Waals surface area (Å²) >= 11 is 1.08. The maximum absolute atomic E-state index is 11.7. The van der Waals surface area contributed by atoms with Crippen LogP contribution in [-0.4, -0.2) is 24.0 Å². The zero-order chi connectivity index (χ0) is 13.7. The van der Waals surface area contributed by atoms with Gasteiger partial charge in [0.2, 0.25) is 5.91 Å². The number of aromatic nitrogens is 1. The number of anilines is 1. The molecular weight excluding hydrogens is 268 g/mol. The fraction of sp³-hybridized carbons (Fsp3) is 0.250. The van der Waals surface area contributed by atoms with E-state index in [1.54, 1.807) is 12.3 Å². The molecule has 19 heavy (non-hydrogen) atoms. The van der Waals surface area contributed by atoms with Crippen molar-refractivity contribution in [3.63, 3.8) is 0 Å². The van der Waals surface area contributed by atoms with Gasteiger partial charge in [-0.2, -0.15) is 0 Å². The van der Waals surface area contributed by atoms with Crippen LogP contribution < -0.4 is 5.32 Å². The Morgan fingerprint density at radius 3 is 3.05 bits per heavy atom. The molecule has 0 aliphatic heterocycles. The highest BCUT2D eigenvalue weighted by Crippen LogP contribution is 2.19. The molecule has 1 amide bonds. The molecule has 0 saturated heterocycles. The quantitative estimate of drug-likeness (QED) is 0.848. The molecule has 0 radical (unpaired) electrons. The first-order valence-electron chi connectivity index (χ1n) is 5.55. The number of ether oxygens (including phenoxy) is 1. The number of amides is 1. The van der Waals surface area contributed by atoms with Crippen molar-refractivity contribution in [3.8, 4) is 0 Å². The van der Waals surface area contributed by atoms with E-state index in [0.717, 1.165) is 17.1 Å². The molecule has 6 nitrogen and oxygen atoms in total. The molecule has 2 rings (SSSR count). The van der Waals surface area contributed by atoms with Crippen molar-refractivity contribution >= 4 is 28.3 Å². The van der Waals surface area contributed by atoms with Crippen molar-refractivity contribution in [1.29, 1.82) is 0 Å². The molecule has 0 fully saturated rings. The van der Waals surface area contributed by atoms with Crippen molar-refractivity contribution in [1.82, 2.24) is 4.98 Å². The average Bonchev–Trinajstić information content (AvgIpc) is 3.06. The van der Waals surface area contributed by atoms with Gasteiger partial charge in [0.15, 0.2) is 5.13 Å². The Morgan fingerprint density at radius 2 is 2.37 bits per heavy atom. The molecule has 1 N–H and O–H groups in total. The third kappa shape index (κ3) is 3.65. The van der Waals surface area contributed by atoms with Gasteiger partial charge in [-0.15, -0.1) is 0 Å². The Labute approximate surface area is 113 Å². The summed E-state index contributed by atoms with van der Waals surface area (Å²) in [5.41, 5.74) is 0. The summed E-state index contributed by atoms with van der Waals surface area (Å²) in [5, 5.41) is 3.00. The van der Waals surface area contributed by atoms with E-state index in [1.807, 2.05) is 6.07 Å². The van der Waals surface area contributed by atoms with Crippen LogP contribution in [0.3, 0.4) is 0 Å². The third-order valence-electron chi connectivity index (χ3n) is 2.32. The number of carbonyl (C=O) groups is 2. The standard InChI is InChI=1S/C12H12N2O4S/c1-17-11(16)9-7-13-12(19-9)14-10(15)5-4-8-3-2-6-18-8/h2-3,6-7H,4-5H2,1H3,(H,13,14,15). The first kappa shape index (κ1) is 13.3. The number of hydrogen-bond acceptors (Lipinski definition) is 6. The lowest BCUT2D eigenvalue weighted by atomic mass is 10.2. The second-order valence-corrected chi connectivity index (χ2v) is 4.68. The van der Waals surface area contributed by atoms with Crippen molar-refractivity contribution in [2.75, 3.05) is 12.4 Å². The van der Waals surface area contributed by atoms with Crippen molar-refractivity contribution in [3.05, 3.63) is 35.2 Å². The number of aryl methyl sites for hydroxylation is 1. The Kier molecular flexibility index (Phi) is 4.30. The Balaban J connectivity index is 1.85. The van der Waals surface area contributed by atoms with E-state index >= 15 is 0 Å². The number of carbonyl (C=O) groups excluding carboxylic acids is 2. The van der Waals surface area contributed by atoms with Crippen molar-refractivity contribution in [2.24, 2.45) is 0 Å². The molecule has 0 aromatic carbocycles. The summed E-state index contributed by atoms with van der Waals surface area (Å²) in [6.07, 6.45) is 3.75. The number of nitrogens with one attached hydrogen (secondary N) is 1. The predicted molar refractivity (Wildman–Crippen MR) is 69.1 cm³/mol. The Bertz CT molecular complexity index is 562. The second-order valence-electron chi connectivity index (χ2n) is 3.65. The van der Waals surface area contributed by atoms with Crippen LogP contribution in [0.1, 0.15) is 21.9 Å². The molecule has 0 aliphatic rings. The monoisotopic (exact) mass is 280 g/mol. The van der Waals surface area contributed by atoms with Crippen molar-refractivity contribution < 1.29 is 18.7 Å². The van der Waals surface area contributed by atoms with Gasteiger partial charge in [-0.3, -0.25) is 4.79 Å². The zero-order valence-electron chi connectivity index (χ0n) is 10.2. The molecule has 2 heterocycles. The molecule has 2 aromatic rings. The number of thiazole rings is 1. The van der Waals surface area contributed by atoms with Crippen LogP contribution in [0, 0.1) is 0 Å². The van der Waals surface area contributed by atoms with Crippen LogP contribution in [0.25, 0.3) is 0 Å². The zero-order valence-corrected chi connectivity index (χ0v) is 11.0. The Hall–Kier alpha value is -2.15. The SMILES string of the molecule is COC(=O)c1cnc(NC(=O)CCc2ccco2)s1. The van der Waals surface area contributed by atoms with Gasteiger partial charge in [0.25, 0.3) is 0 Å². The number of esters is 1. The lowest BCUT2D eigenvalue weighted by molar-refractivity contribution is -0.116. The van der Waals surface area contributed by atoms with E-state index in [-0.39, 0.29) is 5.91 Å². The van der Waals surface area contributed by atoms with E-state index in [0.29, 0.717) is 22.9 Å². The highest BCUT2D eigenvalue weighted by molar-refractivity contribution is 7.17. The van der Waals surface area contributed by atoms with Gasteiger partial charge in [0.1, 0.15) is 10.6 Å². The van der Waals surface area contributed by atoms with E-state index in [9.17, 15) is 9.59 Å². The maximum Gasteiger partial charge on any atom is 0.349 e. The summed E-state index contributed by atoms with van der Waals surface area (Å²) in [4.78, 5) is 27.2. The average molecular weight is 280 g/mol. The first-order valence-corrected chi connectivity index (χ1v) is 6.37. The highest BCUT2D eigenvalue weighted by atomic mass is 32.1. The van der Waals surface area contributed by atoms with Gasteiger partial charge in [-0.05, 0) is 12.1 Å². The summed E-state index contributed by atoms with van der Waals surface area (Å²) in [6, 6.07) is 3.59. The van der Waals surface area contributed by atoms with Crippen LogP contribution >= 0.6 is 11.3 Å². The normalized spacial score (nSPS) is 10.2. The number of hydrogen-bond donors (Lipinski definition) is 1. The lowest BCUT2D eigenvalue weighted by Crippen LogP contribution is -2.11. The van der Waals surface area contributed by atoms with Crippen molar-refractivity contribution in [2.45, 2.75) is 12.8 Å². The minimum absolute atomic E-state index is 0.179. The molecule has 0 saturated carbocycles. The van der Waals surface area contributed by atoms with E-state index in [1.165, 1.54) is 13.3 Å². The highest BCUT2D eigenvalue weighted by Gasteiger charge is 2.12. The molecule has 0 aliphatic carbocycles. The first-order chi connectivity index (χ1) is 9.19. The molecule has 0 bridgehead atoms. The predicted octanol–water partition coefficient (Wildman–Crippen LogP) is 2.09. The van der Waals surface area contributed by atoms with E-state index in [2.05, 4.69) is 15.0 Å². The number of furan rings is 1. The van der Waals surface area contributed by atoms with Crippen LogP contribution in [0.15, 0.2) is 29.0 Å². The topological polar surface area (TPSA) is 81.4 Å². The number of nitrogens with zero attached hydrogens (tertiary/aromatic N) is 1. The van der Waals surface area contributed by atoms with Gasteiger partial charge in [0, 0.05) is 12.8 Å². The van der Waals surface area contributed by atoms with Crippen LogP contribution in [0.2, 0.25) is 0 Å². The molecule has 2 aromatic heterocycles. The lowest BCUT2D eigenvalue weighted by Gasteiger charge is -1.99. The smallest absolute Gasteiger partial charge is 0.349 e. The molecule has 7 heteroatoms. The minimum Gasteiger partial charge on any atom is -0.469 e.